The average Bonchev–Trinajstić information content (AvgIpc) is 3.44. The molecule has 0 radical (unpaired) electrons. The second-order valence-corrected chi connectivity index (χ2v) is 7.01. The average molecular weight is 502 g/mol. The summed E-state index contributed by atoms with van der Waals surface area (Å²) in [6, 6.07) is 0.465. The molecule has 0 spiro atoms. The minimum Gasteiger partial charge on any atom is -0.846 e. The molecule has 0 atom stereocenters. The van der Waals surface area contributed by atoms with E-state index in [2.05, 4.69) is 35.2 Å². The van der Waals surface area contributed by atoms with Crippen LogP contribution in [0.5, 0.6) is 11.9 Å². The summed E-state index contributed by atoms with van der Waals surface area (Å²) < 4.78 is 0. The quantitative estimate of drug-likeness (QED) is 0.0976. The Balaban J connectivity index is 0.000000152. The molecule has 0 unspecified atom stereocenters. The van der Waals surface area contributed by atoms with E-state index < -0.39 is 39.8 Å². The largest absolute Gasteiger partial charge is 1.00 e. The predicted molar refractivity (Wildman–Crippen MR) is 119 cm³/mol. The number of aromatic nitrogens is 9. The molecule has 1 amide bonds. The van der Waals surface area contributed by atoms with Crippen LogP contribution in [0, 0.1) is 0 Å². The van der Waals surface area contributed by atoms with Crippen LogP contribution in [-0.4, -0.2) is 55.9 Å². The lowest BCUT2D eigenvalue weighted by molar-refractivity contribution is -0.281. The molecule has 6 rings (SSSR count). The van der Waals surface area contributed by atoms with Gasteiger partial charge in [-0.3, -0.25) is 49.1 Å². The van der Waals surface area contributed by atoms with Crippen molar-refractivity contribution >= 4 is 33.9 Å². The van der Waals surface area contributed by atoms with Crippen LogP contribution in [0.4, 0.5) is 5.82 Å². The maximum Gasteiger partial charge on any atom is 1.00 e. The van der Waals surface area contributed by atoms with Crippen LogP contribution in [0.15, 0.2) is 34.8 Å². The van der Waals surface area contributed by atoms with Crippen molar-refractivity contribution in [2.24, 2.45) is 0 Å². The van der Waals surface area contributed by atoms with Gasteiger partial charge in [-0.15, -0.1) is 0 Å². The first-order valence-corrected chi connectivity index (χ1v) is 9.59. The van der Waals surface area contributed by atoms with Crippen LogP contribution in [0.3, 0.4) is 0 Å². The van der Waals surface area contributed by atoms with Crippen molar-refractivity contribution in [3.63, 3.8) is 0 Å². The van der Waals surface area contributed by atoms with E-state index in [1.54, 1.807) is 0 Å². The van der Waals surface area contributed by atoms with Crippen molar-refractivity contribution in [2.75, 3.05) is 5.32 Å². The lowest BCUT2D eigenvalue weighted by Gasteiger charge is -1.99. The third kappa shape index (κ3) is 4.73. The number of fused-ring (bicyclic) bond motifs is 3. The molecule has 5 aromatic rings. The molecule has 19 nitrogen and oxygen atoms in total. The van der Waals surface area contributed by atoms with Crippen molar-refractivity contribution < 1.29 is 16.4 Å². The summed E-state index contributed by atoms with van der Waals surface area (Å²) in [6.07, 6.45) is 0.0292. The van der Waals surface area contributed by atoms with Gasteiger partial charge in [0, 0.05) is 6.07 Å². The second-order valence-electron chi connectivity index (χ2n) is 7.01. The zero-order chi connectivity index (χ0) is 26.1. The van der Waals surface area contributed by atoms with Gasteiger partial charge in [0.2, 0.25) is 5.91 Å². The van der Waals surface area contributed by atoms with E-state index in [1.807, 2.05) is 15.0 Å². The zero-order valence-electron chi connectivity index (χ0n) is 18.4. The van der Waals surface area contributed by atoms with E-state index in [0.29, 0.717) is 5.56 Å². The van der Waals surface area contributed by atoms with Gasteiger partial charge in [-0.25, -0.2) is 19.4 Å². The molecule has 19 heteroatoms. The number of aromatic amines is 8. The number of nitrogens with one attached hydrogen (secondary N) is 9. The van der Waals surface area contributed by atoms with Crippen molar-refractivity contribution in [3.05, 3.63) is 74.1 Å². The van der Waals surface area contributed by atoms with Crippen LogP contribution in [0.1, 0.15) is 6.99 Å². The monoisotopic (exact) mass is 502 g/mol. The fraction of sp³-hybridized carbons (Fsp3) is 0.0588. The van der Waals surface area contributed by atoms with Gasteiger partial charge in [0.05, 0.1) is 23.4 Å². The first kappa shape index (κ1) is 23.3. The van der Waals surface area contributed by atoms with E-state index in [9.17, 15) is 38.7 Å². The number of rotatable bonds is 0. The first-order valence-electron chi connectivity index (χ1n) is 9.59. The molecule has 1 aliphatic heterocycles. The van der Waals surface area contributed by atoms with Crippen LogP contribution in [0.2, 0.25) is 0 Å². The lowest BCUT2D eigenvalue weighted by Crippen LogP contribution is -2.24. The van der Waals surface area contributed by atoms with Gasteiger partial charge in [-0.1, -0.05) is 0 Å². The Morgan fingerprint density at radius 3 is 2.19 bits per heavy atom. The Hall–Kier alpha value is -5.88. The number of aromatic hydroxyl groups is 1. The Kier molecular flexibility index (Phi) is 5.70. The Morgan fingerprint density at radius 1 is 0.778 bits per heavy atom. The van der Waals surface area contributed by atoms with Gasteiger partial charge in [0.1, 0.15) is 11.5 Å². The highest BCUT2D eigenvalue weighted by Crippen LogP contribution is 2.12. The SMILES string of the molecule is O=C1Cc2c([nH]c(=O)[nH]c2=O)N1.O=c1[nH]c(=O)c2cc(O)[nH]c2[nH]1.O=c1[nH]c2nc([O-])[nH]c(=O)c2[nH]1.[H+]. The van der Waals surface area contributed by atoms with Crippen LogP contribution >= 0.6 is 0 Å². The van der Waals surface area contributed by atoms with Crippen molar-refractivity contribution in [2.45, 2.75) is 6.42 Å². The molecular formula is C17H14N10O9. The van der Waals surface area contributed by atoms with Gasteiger partial charge in [0.25, 0.3) is 16.7 Å². The molecule has 0 bridgehead atoms. The van der Waals surface area contributed by atoms with Gasteiger partial charge in [0.15, 0.2) is 17.0 Å². The van der Waals surface area contributed by atoms with Gasteiger partial charge < -0.3 is 25.5 Å². The first-order chi connectivity index (χ1) is 17.0. The van der Waals surface area contributed by atoms with Crippen molar-refractivity contribution in [3.8, 4) is 11.9 Å². The van der Waals surface area contributed by atoms with Crippen LogP contribution in [-0.2, 0) is 11.2 Å². The fourth-order valence-corrected chi connectivity index (χ4v) is 3.08. The van der Waals surface area contributed by atoms with Crippen LogP contribution < -0.4 is 44.2 Å². The molecule has 1 aliphatic rings. The molecule has 10 N–H and O–H groups in total. The van der Waals surface area contributed by atoms with Gasteiger partial charge in [-0.05, 0) is 0 Å². The third-order valence-electron chi connectivity index (χ3n) is 4.53. The van der Waals surface area contributed by atoms with Gasteiger partial charge >= 0.3 is 18.5 Å². The number of hydrogen-bond acceptors (Lipinski definition) is 10. The maximum atomic E-state index is 11.0. The summed E-state index contributed by atoms with van der Waals surface area (Å²) in [5.41, 5.74) is -2.97. The lowest BCUT2D eigenvalue weighted by atomic mass is 10.3. The molecule has 0 fully saturated rings. The molecular weight excluding hydrogens is 488 g/mol. The number of carbonyl (C=O) groups excluding carboxylic acids is 1. The standard InChI is InChI=1S/2C6H5N3O3.C5H4N4O3/c2*10-3-1-2-4(7-3)8-6(12)9-5(2)11;10-3-1-2(7-4(11)6-1)8-5(12)9-3/h1H2,(H3,7,8,9,10,11,12);1,10H,(H3,7,8,9,11,12);(H4,6,7,8,9,10,11,12). The molecule has 5 aromatic heterocycles. The van der Waals surface area contributed by atoms with Gasteiger partial charge in [-0.2, -0.15) is 0 Å². The highest BCUT2D eigenvalue weighted by molar-refractivity contribution is 5.97. The number of nitrogens with zero attached hydrogens (tertiary/aromatic N) is 1. The molecule has 0 aliphatic carbocycles. The molecule has 6 heterocycles. The van der Waals surface area contributed by atoms with Crippen molar-refractivity contribution in [1.82, 2.24) is 44.9 Å². The van der Waals surface area contributed by atoms with Crippen LogP contribution in [0.25, 0.3) is 22.2 Å². The Morgan fingerprint density at radius 2 is 1.44 bits per heavy atom. The number of hydrogen-bond donors (Lipinski definition) is 10. The predicted octanol–water partition coefficient (Wildman–Crippen LogP) is -4.07. The summed E-state index contributed by atoms with van der Waals surface area (Å²) >= 11 is 0. The van der Waals surface area contributed by atoms with E-state index in [-0.39, 0.29) is 47.6 Å². The smallest absolute Gasteiger partial charge is 0.846 e. The summed E-state index contributed by atoms with van der Waals surface area (Å²) in [4.78, 5) is 96.6. The maximum absolute atomic E-state index is 11.0. The third-order valence-corrected chi connectivity index (χ3v) is 4.53. The molecule has 0 saturated heterocycles. The summed E-state index contributed by atoms with van der Waals surface area (Å²) in [6.45, 7) is 0. The summed E-state index contributed by atoms with van der Waals surface area (Å²) in [5, 5.41) is 22.1. The molecule has 186 valence electrons. The number of carbonyl (C=O) groups is 1. The zero-order valence-corrected chi connectivity index (χ0v) is 17.4. The normalized spacial score (nSPS) is 11.8. The molecule has 36 heavy (non-hydrogen) atoms. The number of amides is 1. The molecule has 0 aromatic carbocycles. The highest BCUT2D eigenvalue weighted by atomic mass is 16.3. The van der Waals surface area contributed by atoms with E-state index >= 15 is 0 Å². The summed E-state index contributed by atoms with van der Waals surface area (Å²) in [5.74, 6) is -0.219. The number of H-pyrrole nitrogens is 8. The topological polar surface area (TPSA) is 314 Å². The molecule has 0 saturated carbocycles. The minimum absolute atomic E-state index is 0. The van der Waals surface area contributed by atoms with E-state index in [0.717, 1.165) is 0 Å². The Labute approximate surface area is 193 Å². The van der Waals surface area contributed by atoms with E-state index in [1.165, 1.54) is 6.07 Å². The fourth-order valence-electron chi connectivity index (χ4n) is 3.08. The van der Waals surface area contributed by atoms with E-state index in [4.69, 9.17) is 5.11 Å². The summed E-state index contributed by atoms with van der Waals surface area (Å²) in [7, 11) is 0. The second kappa shape index (κ2) is 8.81. The minimum atomic E-state index is -0.775. The number of imidazole rings is 1. The Bertz CT molecular complexity index is 1980. The number of anilines is 1. The van der Waals surface area contributed by atoms with Crippen molar-refractivity contribution in [1.29, 1.82) is 0 Å². The highest BCUT2D eigenvalue weighted by Gasteiger charge is 2.21.